The lowest BCUT2D eigenvalue weighted by Gasteiger charge is -2.21. The maximum Gasteiger partial charge on any atom is 0.186 e. The molecule has 0 aliphatic carbocycles. The number of hydrogen-bond donors (Lipinski definition) is 3. The van der Waals surface area contributed by atoms with E-state index in [0.29, 0.717) is 12.6 Å². The number of aliphatic hydroxyl groups is 2. The van der Waals surface area contributed by atoms with E-state index in [1.54, 1.807) is 11.3 Å². The van der Waals surface area contributed by atoms with E-state index in [2.05, 4.69) is 21.3 Å². The van der Waals surface area contributed by atoms with Crippen LogP contribution >= 0.6 is 11.3 Å². The molecular weight excluding hydrogens is 310 g/mol. The van der Waals surface area contributed by atoms with Crippen molar-refractivity contribution in [1.82, 2.24) is 10.3 Å². The molecule has 5 nitrogen and oxygen atoms in total. The average molecular weight is 335 g/mol. The fourth-order valence-corrected chi connectivity index (χ4v) is 4.24. The Balaban J connectivity index is 0.000000188. The fourth-order valence-electron chi connectivity index (χ4n) is 3.17. The van der Waals surface area contributed by atoms with Crippen molar-refractivity contribution in [3.05, 3.63) is 24.3 Å². The zero-order chi connectivity index (χ0) is 16.1. The molecule has 0 radical (unpaired) electrons. The first-order valence-electron chi connectivity index (χ1n) is 8.39. The summed E-state index contributed by atoms with van der Waals surface area (Å²) in [5.41, 5.74) is 1.06. The largest absolute Gasteiger partial charge is 0.395 e. The zero-order valence-corrected chi connectivity index (χ0v) is 14.1. The van der Waals surface area contributed by atoms with Gasteiger partial charge in [-0.05, 0) is 44.4 Å². The number of aliphatic hydroxyl groups excluding tert-OH is 2. The van der Waals surface area contributed by atoms with Gasteiger partial charge < -0.3 is 20.4 Å². The van der Waals surface area contributed by atoms with E-state index in [9.17, 15) is 5.11 Å². The third-order valence-electron chi connectivity index (χ3n) is 4.50. The predicted molar refractivity (Wildman–Crippen MR) is 95.2 cm³/mol. The van der Waals surface area contributed by atoms with Crippen LogP contribution in [-0.4, -0.2) is 53.6 Å². The van der Waals surface area contributed by atoms with Crippen LogP contribution in [0.1, 0.15) is 25.7 Å². The Kier molecular flexibility index (Phi) is 5.83. The van der Waals surface area contributed by atoms with Crippen molar-refractivity contribution < 1.29 is 10.2 Å². The van der Waals surface area contributed by atoms with Crippen molar-refractivity contribution in [1.29, 1.82) is 0 Å². The van der Waals surface area contributed by atoms with E-state index in [1.807, 2.05) is 18.2 Å². The molecule has 23 heavy (non-hydrogen) atoms. The van der Waals surface area contributed by atoms with Gasteiger partial charge in [-0.15, -0.1) is 0 Å². The normalized spacial score (nSPS) is 24.0. The van der Waals surface area contributed by atoms with Crippen LogP contribution in [0, 0.1) is 0 Å². The highest BCUT2D eigenvalue weighted by atomic mass is 32.1. The molecule has 3 heterocycles. The molecule has 3 N–H and O–H groups in total. The van der Waals surface area contributed by atoms with Gasteiger partial charge >= 0.3 is 0 Å². The van der Waals surface area contributed by atoms with Gasteiger partial charge in [0.2, 0.25) is 0 Å². The number of para-hydroxylation sites is 1. The quantitative estimate of drug-likeness (QED) is 0.800. The number of benzene rings is 1. The van der Waals surface area contributed by atoms with Crippen molar-refractivity contribution in [3.8, 4) is 0 Å². The van der Waals surface area contributed by atoms with E-state index in [-0.39, 0.29) is 12.6 Å². The van der Waals surface area contributed by atoms with Crippen molar-refractivity contribution >= 4 is 26.7 Å². The molecule has 4 rings (SSSR count). The highest BCUT2D eigenvalue weighted by Gasteiger charge is 2.26. The Hall–Kier alpha value is -1.21. The number of nitrogens with one attached hydrogen (secondary N) is 1. The maximum atomic E-state index is 9.31. The molecule has 0 bridgehead atoms. The number of rotatable bonds is 3. The Morgan fingerprint density at radius 2 is 2.04 bits per heavy atom. The smallest absolute Gasteiger partial charge is 0.186 e. The van der Waals surface area contributed by atoms with Gasteiger partial charge in [-0.25, -0.2) is 4.98 Å². The minimum Gasteiger partial charge on any atom is -0.395 e. The van der Waals surface area contributed by atoms with Crippen molar-refractivity contribution in [3.63, 3.8) is 0 Å². The van der Waals surface area contributed by atoms with Gasteiger partial charge in [-0.1, -0.05) is 23.5 Å². The van der Waals surface area contributed by atoms with Crippen molar-refractivity contribution in [2.45, 2.75) is 37.8 Å². The molecule has 2 atom stereocenters. The monoisotopic (exact) mass is 335 g/mol. The summed E-state index contributed by atoms with van der Waals surface area (Å²) < 4.78 is 1.22. The topological polar surface area (TPSA) is 68.6 Å². The summed E-state index contributed by atoms with van der Waals surface area (Å²) in [6.45, 7) is 2.65. The zero-order valence-electron chi connectivity index (χ0n) is 13.3. The van der Waals surface area contributed by atoms with Gasteiger partial charge in [0.15, 0.2) is 5.13 Å². The van der Waals surface area contributed by atoms with Crippen LogP contribution in [0.3, 0.4) is 0 Å². The van der Waals surface area contributed by atoms with E-state index in [1.165, 1.54) is 11.1 Å². The summed E-state index contributed by atoms with van der Waals surface area (Å²) in [6, 6.07) is 8.86. The first-order chi connectivity index (χ1) is 11.3. The standard InChI is InChI=1S/C12H14N2OS.C5H11NO/c15-8-9-4-3-7-14(9)12-13-10-5-1-2-6-11(10)16-12;7-4-5-2-1-3-6-5/h1-2,5-6,9,15H,3-4,7-8H2;5-7H,1-4H2/t9-;5-/m00/s1. The summed E-state index contributed by atoms with van der Waals surface area (Å²) in [6.07, 6.45) is 4.61. The minimum atomic E-state index is 0.232. The second kappa shape index (κ2) is 8.06. The highest BCUT2D eigenvalue weighted by molar-refractivity contribution is 7.22. The molecule has 2 fully saturated rings. The molecule has 2 aliphatic rings. The molecular formula is C17H25N3O2S. The lowest BCUT2D eigenvalue weighted by Crippen LogP contribution is -2.31. The van der Waals surface area contributed by atoms with Gasteiger partial charge in [-0.3, -0.25) is 0 Å². The van der Waals surface area contributed by atoms with E-state index >= 15 is 0 Å². The van der Waals surface area contributed by atoms with E-state index in [4.69, 9.17) is 5.11 Å². The molecule has 1 aromatic heterocycles. The number of hydrogen-bond acceptors (Lipinski definition) is 6. The van der Waals surface area contributed by atoms with Gasteiger partial charge in [-0.2, -0.15) is 0 Å². The maximum absolute atomic E-state index is 9.31. The van der Waals surface area contributed by atoms with Crippen LogP contribution in [-0.2, 0) is 0 Å². The Morgan fingerprint density at radius 3 is 2.70 bits per heavy atom. The van der Waals surface area contributed by atoms with Crippen LogP contribution < -0.4 is 10.2 Å². The minimum absolute atomic E-state index is 0.232. The van der Waals surface area contributed by atoms with Crippen molar-refractivity contribution in [2.24, 2.45) is 0 Å². The lowest BCUT2D eigenvalue weighted by atomic mass is 10.2. The fraction of sp³-hybridized carbons (Fsp3) is 0.588. The molecule has 2 aliphatic heterocycles. The lowest BCUT2D eigenvalue weighted by molar-refractivity contribution is 0.255. The van der Waals surface area contributed by atoms with Gasteiger partial charge in [0, 0.05) is 12.6 Å². The number of nitrogens with zero attached hydrogens (tertiary/aromatic N) is 2. The molecule has 2 aromatic rings. The van der Waals surface area contributed by atoms with E-state index < -0.39 is 0 Å². The van der Waals surface area contributed by atoms with Crippen LogP contribution in [0.4, 0.5) is 5.13 Å². The Bertz CT molecular complexity index is 580. The molecule has 6 heteroatoms. The number of anilines is 1. The highest BCUT2D eigenvalue weighted by Crippen LogP contribution is 2.32. The first kappa shape index (κ1) is 16.6. The molecule has 0 unspecified atom stereocenters. The van der Waals surface area contributed by atoms with Gasteiger partial charge in [0.25, 0.3) is 0 Å². The molecule has 2 saturated heterocycles. The van der Waals surface area contributed by atoms with Crippen LogP contribution in [0.5, 0.6) is 0 Å². The predicted octanol–water partition coefficient (Wildman–Crippen LogP) is 1.99. The van der Waals surface area contributed by atoms with E-state index in [0.717, 1.165) is 43.0 Å². The third kappa shape index (κ3) is 4.01. The number of thiazole rings is 1. The summed E-state index contributed by atoms with van der Waals surface area (Å²) in [7, 11) is 0. The van der Waals surface area contributed by atoms with Crippen molar-refractivity contribution in [2.75, 3.05) is 31.2 Å². The van der Waals surface area contributed by atoms with Gasteiger partial charge in [0.1, 0.15) is 0 Å². The summed E-state index contributed by atoms with van der Waals surface area (Å²) in [4.78, 5) is 6.87. The molecule has 126 valence electrons. The second-order valence-corrected chi connectivity index (χ2v) is 7.12. The summed E-state index contributed by atoms with van der Waals surface area (Å²) in [5.74, 6) is 0. The molecule has 1 aromatic carbocycles. The number of aromatic nitrogens is 1. The average Bonchev–Trinajstić information content (AvgIpc) is 3.33. The van der Waals surface area contributed by atoms with Crippen LogP contribution in [0.15, 0.2) is 24.3 Å². The molecule has 0 saturated carbocycles. The number of fused-ring (bicyclic) bond motifs is 1. The summed E-state index contributed by atoms with van der Waals surface area (Å²) >= 11 is 1.72. The third-order valence-corrected chi connectivity index (χ3v) is 5.57. The SMILES string of the molecule is OC[C@@H]1CCCN1.OC[C@@H]1CCCN1c1nc2ccccc2s1. The van der Waals surface area contributed by atoms with Crippen LogP contribution in [0.25, 0.3) is 10.2 Å². The van der Waals surface area contributed by atoms with Crippen LogP contribution in [0.2, 0.25) is 0 Å². The second-order valence-electron chi connectivity index (χ2n) is 6.11. The Labute approximate surface area is 141 Å². The Morgan fingerprint density at radius 1 is 1.17 bits per heavy atom. The first-order valence-corrected chi connectivity index (χ1v) is 9.21. The molecule has 0 amide bonds. The molecule has 0 spiro atoms. The van der Waals surface area contributed by atoms with Gasteiger partial charge in [0.05, 0.1) is 29.5 Å². The summed E-state index contributed by atoms with van der Waals surface area (Å²) in [5, 5.41) is 22.0.